The first-order chi connectivity index (χ1) is 71.0. The van der Waals surface area contributed by atoms with Gasteiger partial charge in [0.2, 0.25) is 0 Å². The van der Waals surface area contributed by atoms with Gasteiger partial charge in [0.1, 0.15) is 299 Å². The topological polar surface area (TPSA) is 985 Å². The van der Waals surface area contributed by atoms with Crippen LogP contribution < -0.4 is 0 Å². The SMILES string of the molecule is C=CCCCOC1OC(COC2OC(COC3OC(COC4OC(COC5OC(COC6OC(COC7OC(CO)C(O)C(O)C7O)C(O)C6O)C(OC6OC(COC7OC(CO)C(O)C(O)C7O)C(O)C6O)C5O)C(O)C4O)C(OC4OC(COC5OC(COC6OC(COC7OC(CO)C(O)C(O)C7O)C(O)C6O)C(OC6OC(COC7OC(CO)C(O)C(O)C7O)C(O)C6O)C5O)C(O)C4O)C3O)C(O)C2O)C(O)C1O. The fraction of sp³-hybridized carbons (Fsp3) is 0.976. The van der Waals surface area contributed by atoms with Crippen LogP contribution in [0.15, 0.2) is 12.7 Å². The van der Waals surface area contributed by atoms with Crippen molar-refractivity contribution >= 4 is 0 Å². The van der Waals surface area contributed by atoms with Crippen molar-refractivity contribution in [3.05, 3.63) is 12.7 Å². The highest BCUT2D eigenvalue weighted by atomic mass is 16.8. The smallest absolute Gasteiger partial charge is 0.187 e. The largest absolute Gasteiger partial charge is 0.394 e. The highest BCUT2D eigenvalue weighted by Crippen LogP contribution is 2.42. The number of allylic oxidation sites excluding steroid dienone is 1. The predicted octanol–water partition coefficient (Wildman–Crippen LogP) is -24.7. The van der Waals surface area contributed by atoms with Gasteiger partial charge >= 0.3 is 0 Å². The maximum atomic E-state index is 12.2. The van der Waals surface area contributed by atoms with Crippen molar-refractivity contribution < 1.29 is 321 Å². The molecule has 15 heterocycles. The van der Waals surface area contributed by atoms with E-state index in [1.165, 1.54) is 0 Å². The third kappa shape index (κ3) is 26.6. The lowest BCUT2D eigenvalue weighted by Gasteiger charge is -2.39. The van der Waals surface area contributed by atoms with E-state index < -0.39 is 493 Å². The second-order valence-electron chi connectivity index (χ2n) is 38.4. The molecule has 0 amide bonds. The molecule has 15 saturated heterocycles. The van der Waals surface area contributed by atoms with Gasteiger partial charge in [-0.1, -0.05) is 6.08 Å². The Morgan fingerprint density at radius 3 is 0.470 bits per heavy atom. The van der Waals surface area contributed by atoms with Gasteiger partial charge in [0.25, 0.3) is 0 Å². The van der Waals surface area contributed by atoms with Crippen molar-refractivity contribution in [3.8, 4) is 0 Å². The summed E-state index contributed by atoms with van der Waals surface area (Å²) in [7, 11) is 0. The first kappa shape index (κ1) is 120. The van der Waals surface area contributed by atoms with Crippen LogP contribution in [-0.2, 0) is 142 Å². The van der Waals surface area contributed by atoms with Gasteiger partial charge in [-0.15, -0.1) is 6.58 Å². The molecule has 149 heavy (non-hydrogen) atoms. The Balaban J connectivity index is 0.609. The molecule has 0 bridgehead atoms. The first-order valence-corrected chi connectivity index (χ1v) is 48.3. The third-order valence-corrected chi connectivity index (χ3v) is 28.2. The van der Waals surface area contributed by atoms with Crippen molar-refractivity contribution in [1.82, 2.24) is 0 Å². The molecule has 0 aliphatic carbocycles. The maximum Gasteiger partial charge on any atom is 0.187 e. The number of ether oxygens (including phenoxy) is 30. The average Bonchev–Trinajstić information content (AvgIpc) is 1.63. The Morgan fingerprint density at radius 2 is 0.289 bits per heavy atom. The molecule has 15 aliphatic heterocycles. The molecule has 65 nitrogen and oxygen atoms in total. The fourth-order valence-corrected chi connectivity index (χ4v) is 19.1. The van der Waals surface area contributed by atoms with Crippen LogP contribution in [0.4, 0.5) is 0 Å². The zero-order valence-corrected chi connectivity index (χ0v) is 78.9. The summed E-state index contributed by atoms with van der Waals surface area (Å²) in [6, 6.07) is 0. The first-order valence-electron chi connectivity index (χ1n) is 48.3. The summed E-state index contributed by atoms with van der Waals surface area (Å²) >= 11 is 0. The van der Waals surface area contributed by atoms with E-state index in [0.29, 0.717) is 12.8 Å². The van der Waals surface area contributed by atoms with E-state index in [9.17, 15) is 179 Å². The quantitative estimate of drug-likeness (QED) is 0.0199. The van der Waals surface area contributed by atoms with E-state index in [2.05, 4.69) is 6.58 Å². The van der Waals surface area contributed by atoms with E-state index in [-0.39, 0.29) is 6.61 Å². The molecule has 15 rings (SSSR count). The highest BCUT2D eigenvalue weighted by Gasteiger charge is 2.62. The molecule has 64 unspecified atom stereocenters. The number of hydrogen-bond acceptors (Lipinski definition) is 65. The van der Waals surface area contributed by atoms with Crippen molar-refractivity contribution in [2.75, 3.05) is 106 Å². The predicted molar refractivity (Wildman–Crippen MR) is 450 cm³/mol. The highest BCUT2D eigenvalue weighted by molar-refractivity contribution is 5.03. The molecule has 15 fully saturated rings. The molecular weight excluding hydrogens is 2050 g/mol. The fourth-order valence-electron chi connectivity index (χ4n) is 19.1. The van der Waals surface area contributed by atoms with Crippen LogP contribution in [0.2, 0.25) is 0 Å². The minimum absolute atomic E-state index is 0.113. The zero-order chi connectivity index (χ0) is 108. The lowest BCUT2D eigenvalue weighted by Crippen LogP contribution is -2.59. The Morgan fingerprint density at radius 1 is 0.154 bits per heavy atom. The molecule has 65 heteroatoms. The minimum atomic E-state index is -2.15. The van der Waals surface area contributed by atoms with Crippen molar-refractivity contribution in [1.29, 1.82) is 0 Å². The van der Waals surface area contributed by atoms with Crippen LogP contribution >= 0.6 is 0 Å². The molecule has 0 saturated carbocycles. The lowest BCUT2D eigenvalue weighted by molar-refractivity contribution is -0.308. The molecular formula is C84H138O65. The van der Waals surface area contributed by atoms with E-state index in [1.54, 1.807) is 6.08 Å². The van der Waals surface area contributed by atoms with Gasteiger partial charge in [-0.3, -0.25) is 0 Å². The van der Waals surface area contributed by atoms with E-state index >= 15 is 0 Å². The van der Waals surface area contributed by atoms with Gasteiger partial charge in [0, 0.05) is 0 Å². The molecule has 0 spiro atoms. The van der Waals surface area contributed by atoms with Gasteiger partial charge in [-0.2, -0.15) is 0 Å². The average molecular weight is 2190 g/mol. The zero-order valence-electron chi connectivity index (χ0n) is 78.9. The standard InChI is InChI=1S/C84H138O65/c1-2-3-4-5-120-70-52(105)40(93)25(136-70)10-121-71-53(106)43(96)28(137-71)13-126-79-65(118)68(149-84-59(112)47(100)32(143-84)17-128-81-66(119)69(148-83-58(111)46(99)31(142-83)16-125-78-63(116)51(104)39(92)24(9-88)135-78)35(146-81)20-130-73-55(108)42(95)27(139-73)12-123-76-61(114)49(102)37(90)22(7-86)133-76)34(144-79)19-131-74-56(109)44(97)29(140-74)14-127-80-64(117)67(147-82-57(110)45(98)30(141-82)15-124-77-62(115)50(103)38(91)23(8-87)134-77)33(145-80)18-129-72-54(107)41(94)26(138-72)11-122-75-60(113)48(101)36(89)21(6-85)132-75/h2,21-119H,1,3-20H2. The molecule has 0 radical (unpaired) electrons. The molecule has 0 aromatic rings. The van der Waals surface area contributed by atoms with Crippen molar-refractivity contribution in [2.45, 2.75) is 406 Å². The van der Waals surface area contributed by atoms with E-state index in [4.69, 9.17) is 142 Å². The van der Waals surface area contributed by atoms with E-state index in [0.717, 1.165) is 0 Å². The van der Waals surface area contributed by atoms with Crippen LogP contribution in [-0.4, -0.2) is 678 Å². The Bertz CT molecular complexity index is 3990. The summed E-state index contributed by atoms with van der Waals surface area (Å²) in [6.45, 7) is -8.26. The Labute approximate surface area is 842 Å². The van der Waals surface area contributed by atoms with Crippen LogP contribution in [0.3, 0.4) is 0 Å². The summed E-state index contributed by atoms with van der Waals surface area (Å²) in [4.78, 5) is 0. The summed E-state index contributed by atoms with van der Waals surface area (Å²) < 4.78 is 173. The lowest BCUT2D eigenvalue weighted by atomic mass is 9.99. The van der Waals surface area contributed by atoms with Crippen LogP contribution in [0, 0.1) is 0 Å². The van der Waals surface area contributed by atoms with Gasteiger partial charge in [-0.05, 0) is 12.8 Å². The number of aliphatic hydroxyl groups excluding tert-OH is 35. The molecule has 64 atom stereocenters. The normalized spacial score (nSPS) is 52.2. The van der Waals surface area contributed by atoms with E-state index in [1.807, 2.05) is 0 Å². The van der Waals surface area contributed by atoms with Crippen molar-refractivity contribution in [3.63, 3.8) is 0 Å². The third-order valence-electron chi connectivity index (χ3n) is 28.2. The molecule has 864 valence electrons. The van der Waals surface area contributed by atoms with Crippen molar-refractivity contribution in [2.24, 2.45) is 0 Å². The molecule has 0 aromatic carbocycles. The Hall–Kier alpha value is -2.86. The van der Waals surface area contributed by atoms with Crippen LogP contribution in [0.25, 0.3) is 0 Å². The molecule has 35 N–H and O–H groups in total. The summed E-state index contributed by atoms with van der Waals surface area (Å²) in [6.07, 6.45) is -113. The van der Waals surface area contributed by atoms with Crippen LogP contribution in [0.1, 0.15) is 12.8 Å². The summed E-state index contributed by atoms with van der Waals surface area (Å²) in [5, 5.41) is 380. The second-order valence-corrected chi connectivity index (χ2v) is 38.4. The Kier molecular flexibility index (Phi) is 42.8. The summed E-state index contributed by atoms with van der Waals surface area (Å²) in [5.74, 6) is 0. The minimum Gasteiger partial charge on any atom is -0.394 e. The van der Waals surface area contributed by atoms with Gasteiger partial charge in [-0.25, -0.2) is 0 Å². The van der Waals surface area contributed by atoms with Crippen LogP contribution in [0.5, 0.6) is 0 Å². The number of rotatable bonds is 48. The van der Waals surface area contributed by atoms with Gasteiger partial charge in [0.05, 0.1) is 106 Å². The number of hydrogen-bond donors (Lipinski definition) is 35. The maximum absolute atomic E-state index is 12.2. The monoisotopic (exact) mass is 2190 g/mol. The van der Waals surface area contributed by atoms with Gasteiger partial charge < -0.3 is 321 Å². The molecule has 0 aromatic heterocycles. The number of aliphatic hydroxyl groups is 35. The van der Waals surface area contributed by atoms with Gasteiger partial charge in [0.15, 0.2) is 94.4 Å². The molecule has 15 aliphatic rings. The number of unbranched alkanes of at least 4 members (excludes halogenated alkanes) is 1. The summed E-state index contributed by atoms with van der Waals surface area (Å²) in [5.41, 5.74) is 0. The second kappa shape index (κ2) is 53.2.